The van der Waals surface area contributed by atoms with E-state index in [-0.39, 0.29) is 5.82 Å². The summed E-state index contributed by atoms with van der Waals surface area (Å²) in [6.45, 7) is 0. The molecule has 2 aromatic heterocycles. The molecular formula is C23H13F2IN4O2. The summed E-state index contributed by atoms with van der Waals surface area (Å²) < 4.78 is 35.0. The standard InChI is InChI=1S/C23H13F2IN4O2/c24-16-7-5-14(11-18(16)26)32-23-3-1-2-19-15(23)6-8-20(27-19)21-12-30(29-28-21)13-4-9-22(31)17(25)10-13/h1-12,31H. The van der Waals surface area contributed by atoms with Crippen molar-refractivity contribution in [1.29, 1.82) is 0 Å². The number of ether oxygens (including phenoxy) is 1. The van der Waals surface area contributed by atoms with Gasteiger partial charge < -0.3 is 9.84 Å². The maximum atomic E-state index is 13.7. The van der Waals surface area contributed by atoms with E-state index in [1.165, 1.54) is 28.9 Å². The fraction of sp³-hybridized carbons (Fsp3) is 0. The van der Waals surface area contributed by atoms with Gasteiger partial charge in [0, 0.05) is 11.5 Å². The van der Waals surface area contributed by atoms with Gasteiger partial charge in [-0.1, -0.05) is 11.3 Å². The van der Waals surface area contributed by atoms with Crippen LogP contribution in [0.1, 0.15) is 0 Å². The molecule has 0 aliphatic carbocycles. The molecule has 0 amide bonds. The van der Waals surface area contributed by atoms with Gasteiger partial charge in [0.2, 0.25) is 0 Å². The molecule has 0 saturated heterocycles. The van der Waals surface area contributed by atoms with E-state index in [4.69, 9.17) is 4.74 Å². The highest BCUT2D eigenvalue weighted by Crippen LogP contribution is 2.31. The lowest BCUT2D eigenvalue weighted by molar-refractivity contribution is 0.432. The Morgan fingerprint density at radius 3 is 2.59 bits per heavy atom. The molecule has 6 nitrogen and oxygen atoms in total. The molecule has 0 spiro atoms. The number of hydrogen-bond acceptors (Lipinski definition) is 5. The summed E-state index contributed by atoms with van der Waals surface area (Å²) >= 11 is 1.92. The molecular weight excluding hydrogens is 529 g/mol. The Kier molecular flexibility index (Phi) is 5.17. The first kappa shape index (κ1) is 20.3. The lowest BCUT2D eigenvalue weighted by Crippen LogP contribution is -1.95. The number of pyridine rings is 1. The van der Waals surface area contributed by atoms with Gasteiger partial charge in [-0.15, -0.1) is 5.10 Å². The van der Waals surface area contributed by atoms with Crippen molar-refractivity contribution in [2.75, 3.05) is 0 Å². The Hall–Kier alpha value is -3.60. The minimum atomic E-state index is -0.744. The minimum absolute atomic E-state index is 0.301. The molecule has 0 atom stereocenters. The highest BCUT2D eigenvalue weighted by molar-refractivity contribution is 14.1. The molecule has 3 aromatic carbocycles. The van der Waals surface area contributed by atoms with Gasteiger partial charge in [0.25, 0.3) is 0 Å². The number of aromatic nitrogens is 4. The lowest BCUT2D eigenvalue weighted by atomic mass is 10.1. The molecule has 0 bridgehead atoms. The Labute approximate surface area is 194 Å². The van der Waals surface area contributed by atoms with Crippen LogP contribution in [-0.2, 0) is 0 Å². The Balaban J connectivity index is 1.47. The number of hydrogen-bond donors (Lipinski definition) is 1. The second kappa shape index (κ2) is 8.15. The zero-order valence-corrected chi connectivity index (χ0v) is 18.4. The van der Waals surface area contributed by atoms with Crippen molar-refractivity contribution in [2.45, 2.75) is 0 Å². The topological polar surface area (TPSA) is 73.1 Å². The monoisotopic (exact) mass is 542 g/mol. The molecule has 0 unspecified atom stereocenters. The number of fused-ring (bicyclic) bond motifs is 1. The molecule has 158 valence electrons. The first-order valence-electron chi connectivity index (χ1n) is 9.42. The molecule has 0 radical (unpaired) electrons. The number of halogens is 3. The van der Waals surface area contributed by atoms with Crippen molar-refractivity contribution in [2.24, 2.45) is 0 Å². The molecule has 0 aliphatic rings. The summed E-state index contributed by atoms with van der Waals surface area (Å²) in [5, 5.41) is 18.3. The number of phenols is 1. The van der Waals surface area contributed by atoms with E-state index >= 15 is 0 Å². The number of aromatic hydroxyl groups is 1. The molecule has 9 heteroatoms. The largest absolute Gasteiger partial charge is 0.505 e. The normalized spacial score (nSPS) is 11.1. The predicted molar refractivity (Wildman–Crippen MR) is 123 cm³/mol. The maximum absolute atomic E-state index is 13.7. The quantitative estimate of drug-likeness (QED) is 0.288. The van der Waals surface area contributed by atoms with Crippen LogP contribution in [0.15, 0.2) is 72.9 Å². The molecule has 1 N–H and O–H groups in total. The van der Waals surface area contributed by atoms with Gasteiger partial charge >= 0.3 is 0 Å². The van der Waals surface area contributed by atoms with Crippen LogP contribution in [0.5, 0.6) is 17.2 Å². The van der Waals surface area contributed by atoms with E-state index in [9.17, 15) is 13.9 Å². The number of nitrogens with zero attached hydrogens (tertiary/aromatic N) is 4. The Morgan fingerprint density at radius 1 is 0.906 bits per heavy atom. The van der Waals surface area contributed by atoms with E-state index in [0.29, 0.717) is 37.7 Å². The fourth-order valence-electron chi connectivity index (χ4n) is 3.17. The summed E-state index contributed by atoms with van der Waals surface area (Å²) in [7, 11) is 0. The van der Waals surface area contributed by atoms with Crippen LogP contribution < -0.4 is 4.74 Å². The molecule has 0 fully saturated rings. The average molecular weight is 542 g/mol. The van der Waals surface area contributed by atoms with Crippen LogP contribution in [0, 0.1) is 15.2 Å². The summed E-state index contributed by atoms with van der Waals surface area (Å²) in [4.78, 5) is 4.65. The molecule has 2 heterocycles. The van der Waals surface area contributed by atoms with E-state index in [1.54, 1.807) is 24.4 Å². The third kappa shape index (κ3) is 3.86. The van der Waals surface area contributed by atoms with Gasteiger partial charge in [-0.25, -0.2) is 18.4 Å². The van der Waals surface area contributed by atoms with Crippen molar-refractivity contribution in [1.82, 2.24) is 20.0 Å². The SMILES string of the molecule is Oc1ccc(-n2cc(-c3ccc4c(Oc5ccc(F)c(I)c5)cccc4n3)nn2)cc1F. The highest BCUT2D eigenvalue weighted by atomic mass is 127. The second-order valence-corrected chi connectivity index (χ2v) is 8.04. The van der Waals surface area contributed by atoms with Gasteiger partial charge in [0.15, 0.2) is 11.6 Å². The van der Waals surface area contributed by atoms with Gasteiger partial charge in [-0.3, -0.25) is 0 Å². The molecule has 0 saturated carbocycles. The highest BCUT2D eigenvalue weighted by Gasteiger charge is 2.12. The van der Waals surface area contributed by atoms with Crippen molar-refractivity contribution >= 4 is 33.5 Å². The third-order valence-corrected chi connectivity index (χ3v) is 5.59. The van der Waals surface area contributed by atoms with Crippen molar-refractivity contribution in [3.8, 4) is 34.3 Å². The van der Waals surface area contributed by atoms with Gasteiger partial charge in [0.05, 0.1) is 26.7 Å². The first-order chi connectivity index (χ1) is 15.5. The van der Waals surface area contributed by atoms with Crippen molar-refractivity contribution in [3.05, 3.63) is 88.1 Å². The van der Waals surface area contributed by atoms with Crippen molar-refractivity contribution in [3.63, 3.8) is 0 Å². The molecule has 0 aliphatic heterocycles. The summed E-state index contributed by atoms with van der Waals surface area (Å²) in [5.74, 6) is -0.362. The number of benzene rings is 3. The van der Waals surface area contributed by atoms with Crippen LogP contribution in [0.4, 0.5) is 8.78 Å². The maximum Gasteiger partial charge on any atom is 0.166 e. The van der Waals surface area contributed by atoms with Gasteiger partial charge in [0.1, 0.15) is 23.0 Å². The minimum Gasteiger partial charge on any atom is -0.505 e. The second-order valence-electron chi connectivity index (χ2n) is 6.88. The first-order valence-corrected chi connectivity index (χ1v) is 10.5. The van der Waals surface area contributed by atoms with Crippen LogP contribution in [0.2, 0.25) is 0 Å². The van der Waals surface area contributed by atoms with Gasteiger partial charge in [-0.2, -0.15) is 0 Å². The fourth-order valence-corrected chi connectivity index (χ4v) is 3.66. The smallest absolute Gasteiger partial charge is 0.166 e. The summed E-state index contributed by atoms with van der Waals surface area (Å²) in [5.41, 5.74) is 2.18. The van der Waals surface area contributed by atoms with Crippen LogP contribution in [-0.4, -0.2) is 25.1 Å². The average Bonchev–Trinajstić information content (AvgIpc) is 3.28. The Bertz CT molecular complexity index is 1470. The van der Waals surface area contributed by atoms with Crippen LogP contribution >= 0.6 is 22.6 Å². The summed E-state index contributed by atoms with van der Waals surface area (Å²) in [6, 6.07) is 17.6. The molecule has 5 aromatic rings. The van der Waals surface area contributed by atoms with Crippen molar-refractivity contribution < 1.29 is 18.6 Å². The number of phenolic OH excluding ortho intramolecular Hbond substituents is 1. The summed E-state index contributed by atoms with van der Waals surface area (Å²) in [6.07, 6.45) is 1.63. The zero-order chi connectivity index (χ0) is 22.2. The Morgan fingerprint density at radius 2 is 1.78 bits per heavy atom. The van der Waals surface area contributed by atoms with Crippen LogP contribution in [0.3, 0.4) is 0 Å². The third-order valence-electron chi connectivity index (χ3n) is 4.76. The zero-order valence-electron chi connectivity index (χ0n) is 16.2. The van der Waals surface area contributed by atoms with E-state index in [2.05, 4.69) is 15.3 Å². The number of rotatable bonds is 4. The van der Waals surface area contributed by atoms with Gasteiger partial charge in [-0.05, 0) is 77.2 Å². The van der Waals surface area contributed by atoms with E-state index < -0.39 is 11.6 Å². The van der Waals surface area contributed by atoms with E-state index in [0.717, 1.165) is 5.39 Å². The van der Waals surface area contributed by atoms with Crippen LogP contribution in [0.25, 0.3) is 28.0 Å². The molecule has 32 heavy (non-hydrogen) atoms. The lowest BCUT2D eigenvalue weighted by Gasteiger charge is -2.10. The molecule has 5 rings (SSSR count). The predicted octanol–water partition coefficient (Wildman–Crippen LogP) is 5.86. The van der Waals surface area contributed by atoms with E-state index in [1.807, 2.05) is 46.9 Å².